The molecule has 3 aromatic rings. The van der Waals surface area contributed by atoms with Crippen LogP contribution in [0.1, 0.15) is 17.2 Å². The third-order valence-corrected chi connectivity index (χ3v) is 4.96. The van der Waals surface area contributed by atoms with Crippen molar-refractivity contribution in [2.75, 3.05) is 38.8 Å². The molecule has 0 aliphatic carbocycles. The Hall–Kier alpha value is -3.37. The molecule has 1 aliphatic rings. The Bertz CT molecular complexity index is 1050. The van der Waals surface area contributed by atoms with Crippen molar-refractivity contribution in [1.82, 2.24) is 10.2 Å². The molecule has 7 nitrogen and oxygen atoms in total. The van der Waals surface area contributed by atoms with E-state index in [4.69, 9.17) is 14.2 Å². The van der Waals surface area contributed by atoms with Crippen LogP contribution in [0.5, 0.6) is 11.5 Å². The summed E-state index contributed by atoms with van der Waals surface area (Å²) < 4.78 is 16.8. The van der Waals surface area contributed by atoms with Gasteiger partial charge in [-0.15, -0.1) is 0 Å². The fraction of sp³-hybridized carbons (Fsp3) is 0.286. The molecule has 0 N–H and O–H groups in total. The van der Waals surface area contributed by atoms with Crippen molar-refractivity contribution in [2.24, 2.45) is 0 Å². The molecule has 0 amide bonds. The van der Waals surface area contributed by atoms with Gasteiger partial charge in [-0.3, -0.25) is 0 Å². The standard InChI is InChI=1S/C21H20N4O3/c1-26-19-9-16-17(10-20(19)27-2)24-23-12-18(16)25-7-8-28-21(13-25)15-6-4-3-5-14(15)11-22/h3-6,9-10,12,21H,7-8,13H2,1-2H3. The zero-order valence-electron chi connectivity index (χ0n) is 15.8. The molecule has 1 aromatic heterocycles. The third kappa shape index (κ3) is 3.19. The van der Waals surface area contributed by atoms with Crippen molar-refractivity contribution in [1.29, 1.82) is 5.26 Å². The van der Waals surface area contributed by atoms with Crippen LogP contribution >= 0.6 is 0 Å². The quantitative estimate of drug-likeness (QED) is 0.692. The summed E-state index contributed by atoms with van der Waals surface area (Å²) in [4.78, 5) is 2.21. The second kappa shape index (κ2) is 7.71. The number of morpholine rings is 1. The van der Waals surface area contributed by atoms with E-state index >= 15 is 0 Å². The monoisotopic (exact) mass is 376 g/mol. The van der Waals surface area contributed by atoms with Gasteiger partial charge in [0.1, 0.15) is 6.10 Å². The van der Waals surface area contributed by atoms with E-state index in [1.54, 1.807) is 20.4 Å². The maximum atomic E-state index is 9.42. The van der Waals surface area contributed by atoms with Crippen LogP contribution in [-0.2, 0) is 4.74 Å². The van der Waals surface area contributed by atoms with Crippen molar-refractivity contribution in [3.8, 4) is 17.6 Å². The molecule has 0 bridgehead atoms. The second-order valence-corrected chi connectivity index (χ2v) is 6.46. The molecular formula is C21H20N4O3. The molecule has 0 saturated carbocycles. The van der Waals surface area contributed by atoms with Crippen LogP contribution in [-0.4, -0.2) is 44.1 Å². The zero-order valence-corrected chi connectivity index (χ0v) is 15.8. The van der Waals surface area contributed by atoms with Crippen LogP contribution in [0.25, 0.3) is 10.9 Å². The molecule has 2 aromatic carbocycles. The first-order valence-electron chi connectivity index (χ1n) is 8.98. The Morgan fingerprint density at radius 2 is 1.96 bits per heavy atom. The highest BCUT2D eigenvalue weighted by Crippen LogP contribution is 2.36. The van der Waals surface area contributed by atoms with Crippen LogP contribution in [0, 0.1) is 11.3 Å². The van der Waals surface area contributed by atoms with Gasteiger partial charge in [-0.25, -0.2) is 0 Å². The van der Waals surface area contributed by atoms with Crippen molar-refractivity contribution in [3.63, 3.8) is 0 Å². The van der Waals surface area contributed by atoms with Crippen molar-refractivity contribution < 1.29 is 14.2 Å². The Kier molecular flexibility index (Phi) is 4.96. The SMILES string of the molecule is COc1cc2nncc(N3CCOC(c4ccccc4C#N)C3)c2cc1OC. The molecular weight excluding hydrogens is 356 g/mol. The van der Waals surface area contributed by atoms with Gasteiger partial charge in [-0.2, -0.15) is 15.5 Å². The van der Waals surface area contributed by atoms with Crippen LogP contribution in [0.3, 0.4) is 0 Å². The number of anilines is 1. The number of benzene rings is 2. The van der Waals surface area contributed by atoms with Gasteiger partial charge in [0.05, 0.1) is 49.9 Å². The highest BCUT2D eigenvalue weighted by atomic mass is 16.5. The summed E-state index contributed by atoms with van der Waals surface area (Å²) in [6, 6.07) is 13.6. The first kappa shape index (κ1) is 18.0. The number of ether oxygens (including phenoxy) is 3. The fourth-order valence-electron chi connectivity index (χ4n) is 3.56. The number of rotatable bonds is 4. The van der Waals surface area contributed by atoms with Gasteiger partial charge in [-0.05, 0) is 12.1 Å². The van der Waals surface area contributed by atoms with Gasteiger partial charge in [0, 0.05) is 30.1 Å². The number of methoxy groups -OCH3 is 2. The first-order chi connectivity index (χ1) is 13.7. The highest BCUT2D eigenvalue weighted by Gasteiger charge is 2.26. The van der Waals surface area contributed by atoms with Gasteiger partial charge in [-0.1, -0.05) is 18.2 Å². The predicted molar refractivity (Wildman–Crippen MR) is 105 cm³/mol. The summed E-state index contributed by atoms with van der Waals surface area (Å²) >= 11 is 0. The van der Waals surface area contributed by atoms with Crippen LogP contribution in [0.4, 0.5) is 5.69 Å². The smallest absolute Gasteiger partial charge is 0.162 e. The van der Waals surface area contributed by atoms with E-state index in [9.17, 15) is 5.26 Å². The van der Waals surface area contributed by atoms with E-state index in [1.165, 1.54) is 0 Å². The Balaban J connectivity index is 1.72. The maximum Gasteiger partial charge on any atom is 0.162 e. The Morgan fingerprint density at radius 3 is 2.75 bits per heavy atom. The van der Waals surface area contributed by atoms with Crippen molar-refractivity contribution in [3.05, 3.63) is 53.7 Å². The summed E-state index contributed by atoms with van der Waals surface area (Å²) in [5, 5.41) is 18.8. The molecule has 1 unspecified atom stereocenters. The third-order valence-electron chi connectivity index (χ3n) is 4.96. The molecule has 0 spiro atoms. The topological polar surface area (TPSA) is 80.5 Å². The number of aromatic nitrogens is 2. The molecule has 4 rings (SSSR count). The zero-order chi connectivity index (χ0) is 19.5. The maximum absolute atomic E-state index is 9.42. The molecule has 1 fully saturated rings. The van der Waals surface area contributed by atoms with Crippen LogP contribution < -0.4 is 14.4 Å². The van der Waals surface area contributed by atoms with Gasteiger partial charge in [0.15, 0.2) is 11.5 Å². The normalized spacial score (nSPS) is 16.6. The number of hydrogen-bond donors (Lipinski definition) is 0. The summed E-state index contributed by atoms with van der Waals surface area (Å²) in [7, 11) is 3.21. The second-order valence-electron chi connectivity index (χ2n) is 6.46. The first-order valence-corrected chi connectivity index (χ1v) is 8.98. The Labute approximate surface area is 163 Å². The van der Waals surface area contributed by atoms with Gasteiger partial charge < -0.3 is 19.1 Å². The van der Waals surface area contributed by atoms with Crippen LogP contribution in [0.15, 0.2) is 42.6 Å². The van der Waals surface area contributed by atoms with E-state index in [2.05, 4.69) is 21.2 Å². The van der Waals surface area contributed by atoms with Gasteiger partial charge in [0.2, 0.25) is 0 Å². The molecule has 1 saturated heterocycles. The number of fused-ring (bicyclic) bond motifs is 1. The van der Waals surface area contributed by atoms with E-state index in [1.807, 2.05) is 36.4 Å². The summed E-state index contributed by atoms with van der Waals surface area (Å²) in [5.74, 6) is 1.26. The summed E-state index contributed by atoms with van der Waals surface area (Å²) in [6.07, 6.45) is 1.57. The molecule has 2 heterocycles. The molecule has 142 valence electrons. The highest BCUT2D eigenvalue weighted by molar-refractivity contribution is 5.93. The average molecular weight is 376 g/mol. The minimum absolute atomic E-state index is 0.187. The number of nitriles is 1. The van der Waals surface area contributed by atoms with E-state index in [-0.39, 0.29) is 6.10 Å². The van der Waals surface area contributed by atoms with Gasteiger partial charge in [0.25, 0.3) is 0 Å². The minimum Gasteiger partial charge on any atom is -0.493 e. The van der Waals surface area contributed by atoms with E-state index < -0.39 is 0 Å². The molecule has 28 heavy (non-hydrogen) atoms. The lowest BCUT2D eigenvalue weighted by Crippen LogP contribution is -2.38. The Morgan fingerprint density at radius 1 is 1.18 bits per heavy atom. The summed E-state index contributed by atoms with van der Waals surface area (Å²) in [5.41, 5.74) is 3.23. The van der Waals surface area contributed by atoms with E-state index in [0.717, 1.165) is 28.7 Å². The van der Waals surface area contributed by atoms with Crippen molar-refractivity contribution in [2.45, 2.75) is 6.10 Å². The van der Waals surface area contributed by atoms with Crippen LogP contribution in [0.2, 0.25) is 0 Å². The molecule has 1 atom stereocenters. The number of hydrogen-bond acceptors (Lipinski definition) is 7. The lowest BCUT2D eigenvalue weighted by Gasteiger charge is -2.35. The molecule has 1 aliphatic heterocycles. The summed E-state index contributed by atoms with van der Waals surface area (Å²) in [6.45, 7) is 1.90. The van der Waals surface area contributed by atoms with E-state index in [0.29, 0.717) is 30.2 Å². The van der Waals surface area contributed by atoms with Gasteiger partial charge >= 0.3 is 0 Å². The molecule has 0 radical (unpaired) electrons. The van der Waals surface area contributed by atoms with Crippen molar-refractivity contribution >= 4 is 16.6 Å². The lowest BCUT2D eigenvalue weighted by molar-refractivity contribution is 0.0397. The predicted octanol–water partition coefficient (Wildman–Crippen LogP) is 3.10. The average Bonchev–Trinajstić information content (AvgIpc) is 2.77. The minimum atomic E-state index is -0.187. The lowest BCUT2D eigenvalue weighted by atomic mass is 10.0. The molecule has 7 heteroatoms. The fourth-order valence-corrected chi connectivity index (χ4v) is 3.56. The number of nitrogens with zero attached hydrogens (tertiary/aromatic N) is 4. The largest absolute Gasteiger partial charge is 0.493 e.